The molecule has 42 heavy (non-hydrogen) atoms. The van der Waals surface area contributed by atoms with Crippen molar-refractivity contribution in [3.63, 3.8) is 0 Å². The molecule has 0 bridgehead atoms. The third kappa shape index (κ3) is 9.50. The lowest BCUT2D eigenvalue weighted by molar-refractivity contribution is -0.140. The first-order chi connectivity index (χ1) is 20.0. The SMILES string of the molecule is Cc1ccc(C)c(CNC(=O)[C@@H]2C[C@@H](OCc3ccc(Cl)cc3)CN2C(=O)[C@@H](CCC2CCNCC2)NS(C)(=O)=O)c1. The molecule has 11 heteroatoms. The lowest BCUT2D eigenvalue weighted by atomic mass is 9.91. The Morgan fingerprint density at radius 1 is 1.12 bits per heavy atom. The molecule has 9 nitrogen and oxygen atoms in total. The zero-order valence-corrected chi connectivity index (χ0v) is 26.3. The monoisotopic (exact) mass is 618 g/mol. The van der Waals surface area contributed by atoms with E-state index in [0.717, 1.165) is 60.9 Å². The fraction of sp³-hybridized carbons (Fsp3) is 0.548. The van der Waals surface area contributed by atoms with E-state index in [4.69, 9.17) is 16.3 Å². The molecule has 2 amide bonds. The van der Waals surface area contributed by atoms with Crippen LogP contribution in [0, 0.1) is 19.8 Å². The quantitative estimate of drug-likeness (QED) is 0.336. The minimum absolute atomic E-state index is 0.198. The van der Waals surface area contributed by atoms with Gasteiger partial charge < -0.3 is 20.3 Å². The van der Waals surface area contributed by atoms with E-state index in [0.29, 0.717) is 36.9 Å². The third-order valence-corrected chi connectivity index (χ3v) is 9.15. The van der Waals surface area contributed by atoms with Gasteiger partial charge in [0.15, 0.2) is 0 Å². The fourth-order valence-corrected chi connectivity index (χ4v) is 6.62. The number of halogens is 1. The molecule has 0 spiro atoms. The van der Waals surface area contributed by atoms with E-state index in [2.05, 4.69) is 15.4 Å². The van der Waals surface area contributed by atoms with Crippen LogP contribution in [0.4, 0.5) is 0 Å². The van der Waals surface area contributed by atoms with Crippen molar-refractivity contribution in [2.45, 2.75) is 77.3 Å². The van der Waals surface area contributed by atoms with E-state index >= 15 is 0 Å². The second-order valence-corrected chi connectivity index (χ2v) is 13.9. The van der Waals surface area contributed by atoms with Crippen LogP contribution < -0.4 is 15.4 Å². The van der Waals surface area contributed by atoms with Crippen molar-refractivity contribution in [3.8, 4) is 0 Å². The average Bonchev–Trinajstić information content (AvgIpc) is 3.39. The summed E-state index contributed by atoms with van der Waals surface area (Å²) < 4.78 is 33.3. The number of sulfonamides is 1. The molecular formula is C31H43ClN4O5S. The number of benzene rings is 2. The molecule has 2 aromatic carbocycles. The highest BCUT2D eigenvalue weighted by molar-refractivity contribution is 7.88. The molecule has 2 aromatic rings. The second kappa shape index (κ2) is 14.8. The van der Waals surface area contributed by atoms with Crippen molar-refractivity contribution < 1.29 is 22.7 Å². The van der Waals surface area contributed by atoms with Crippen molar-refractivity contribution >= 4 is 33.4 Å². The van der Waals surface area contributed by atoms with E-state index < -0.39 is 22.1 Å². The maximum atomic E-state index is 14.0. The van der Waals surface area contributed by atoms with E-state index in [1.54, 1.807) is 12.1 Å². The predicted octanol–water partition coefficient (Wildman–Crippen LogP) is 3.46. The van der Waals surface area contributed by atoms with E-state index in [9.17, 15) is 18.0 Å². The van der Waals surface area contributed by atoms with Gasteiger partial charge in [0.2, 0.25) is 21.8 Å². The summed E-state index contributed by atoms with van der Waals surface area (Å²) in [7, 11) is -3.66. The summed E-state index contributed by atoms with van der Waals surface area (Å²) in [6.45, 7) is 6.68. The summed E-state index contributed by atoms with van der Waals surface area (Å²) in [5.41, 5.74) is 4.11. The smallest absolute Gasteiger partial charge is 0.243 e. The average molecular weight is 619 g/mol. The van der Waals surface area contributed by atoms with E-state index in [1.807, 2.05) is 44.2 Å². The van der Waals surface area contributed by atoms with Crippen molar-refractivity contribution in [2.24, 2.45) is 5.92 Å². The second-order valence-electron chi connectivity index (χ2n) is 11.7. The molecule has 2 heterocycles. The Morgan fingerprint density at radius 2 is 1.83 bits per heavy atom. The van der Waals surface area contributed by atoms with Crippen LogP contribution in [0.15, 0.2) is 42.5 Å². The highest BCUT2D eigenvalue weighted by Gasteiger charge is 2.42. The van der Waals surface area contributed by atoms with Crippen LogP contribution >= 0.6 is 11.6 Å². The Bertz CT molecular complexity index is 1330. The number of hydrogen-bond donors (Lipinski definition) is 3. The van der Waals surface area contributed by atoms with Crippen LogP contribution in [-0.2, 0) is 37.5 Å². The Kier molecular flexibility index (Phi) is 11.4. The molecule has 0 unspecified atom stereocenters. The zero-order chi connectivity index (χ0) is 30.3. The van der Waals surface area contributed by atoms with Crippen LogP contribution in [0.2, 0.25) is 5.02 Å². The number of carbonyl (C=O) groups is 2. The topological polar surface area (TPSA) is 117 Å². The highest BCUT2D eigenvalue weighted by atomic mass is 35.5. The zero-order valence-electron chi connectivity index (χ0n) is 24.7. The van der Waals surface area contributed by atoms with Gasteiger partial charge in [-0.25, -0.2) is 13.1 Å². The number of hydrogen-bond acceptors (Lipinski definition) is 6. The Balaban J connectivity index is 1.50. The molecule has 230 valence electrons. The molecule has 4 rings (SSSR count). The molecule has 2 aliphatic rings. The normalized spacial score (nSPS) is 20.4. The van der Waals surface area contributed by atoms with Gasteiger partial charge >= 0.3 is 0 Å². The number of carbonyl (C=O) groups excluding carboxylic acids is 2. The van der Waals surface area contributed by atoms with Gasteiger partial charge in [-0.3, -0.25) is 9.59 Å². The minimum Gasteiger partial charge on any atom is -0.372 e. The minimum atomic E-state index is -3.66. The molecule has 0 aliphatic carbocycles. The molecule has 2 fully saturated rings. The maximum absolute atomic E-state index is 14.0. The summed E-state index contributed by atoms with van der Waals surface area (Å²) in [6.07, 6.45) is 4.09. The lowest BCUT2D eigenvalue weighted by Crippen LogP contribution is -2.53. The molecule has 0 saturated carbocycles. The molecule has 3 atom stereocenters. The van der Waals surface area contributed by atoms with Crippen LogP contribution in [0.5, 0.6) is 0 Å². The third-order valence-electron chi connectivity index (χ3n) is 8.18. The number of aryl methyl sites for hydroxylation is 2. The number of likely N-dealkylation sites (tertiary alicyclic amines) is 1. The number of nitrogens with zero attached hydrogens (tertiary/aromatic N) is 1. The van der Waals surface area contributed by atoms with Gasteiger partial charge in [0, 0.05) is 24.5 Å². The van der Waals surface area contributed by atoms with Gasteiger partial charge in [0.05, 0.1) is 19.0 Å². The first kappa shape index (κ1) is 32.4. The van der Waals surface area contributed by atoms with E-state index in [-0.39, 0.29) is 24.5 Å². The molecular weight excluding hydrogens is 576 g/mol. The number of piperidine rings is 1. The molecule has 2 saturated heterocycles. The summed E-state index contributed by atoms with van der Waals surface area (Å²) in [5.74, 6) is -0.245. The van der Waals surface area contributed by atoms with Crippen LogP contribution in [0.3, 0.4) is 0 Å². The number of rotatable bonds is 12. The van der Waals surface area contributed by atoms with Gasteiger partial charge in [0.25, 0.3) is 0 Å². The van der Waals surface area contributed by atoms with Crippen molar-refractivity contribution in [2.75, 3.05) is 25.9 Å². The molecule has 2 aliphatic heterocycles. The Labute approximate surface area is 254 Å². The van der Waals surface area contributed by atoms with Crippen LogP contribution in [-0.4, -0.2) is 69.2 Å². The maximum Gasteiger partial charge on any atom is 0.243 e. The van der Waals surface area contributed by atoms with Gasteiger partial charge in [-0.2, -0.15) is 0 Å². The fourth-order valence-electron chi connectivity index (χ4n) is 5.76. The predicted molar refractivity (Wildman–Crippen MR) is 165 cm³/mol. The van der Waals surface area contributed by atoms with Crippen molar-refractivity contribution in [1.82, 2.24) is 20.3 Å². The van der Waals surface area contributed by atoms with Crippen LogP contribution in [0.25, 0.3) is 0 Å². The standard InChI is InChI=1S/C31H43ClN4O5S/c1-21-4-5-22(2)25(16-21)18-34-30(37)29-17-27(41-20-24-6-9-26(32)10-7-24)19-36(29)31(38)28(35-42(3,39)40)11-8-23-12-14-33-15-13-23/h4-7,9-10,16,23,27-29,33,35H,8,11-15,17-20H2,1-3H3,(H,34,37)/t27-,28-,29+/m1/s1. The Hall–Kier alpha value is -2.50. The molecule has 0 aromatic heterocycles. The van der Waals surface area contributed by atoms with Gasteiger partial charge in [-0.1, -0.05) is 47.5 Å². The molecule has 3 N–H and O–H groups in total. The van der Waals surface area contributed by atoms with Crippen molar-refractivity contribution in [1.29, 1.82) is 0 Å². The van der Waals surface area contributed by atoms with Crippen LogP contribution in [0.1, 0.15) is 54.4 Å². The van der Waals surface area contributed by atoms with E-state index in [1.165, 1.54) is 4.90 Å². The van der Waals surface area contributed by atoms with Gasteiger partial charge in [-0.05, 0) is 87.4 Å². The van der Waals surface area contributed by atoms with Gasteiger partial charge in [-0.15, -0.1) is 0 Å². The molecule has 0 radical (unpaired) electrons. The summed E-state index contributed by atoms with van der Waals surface area (Å²) in [6, 6.07) is 11.7. The number of nitrogens with one attached hydrogen (secondary N) is 3. The number of ether oxygens (including phenoxy) is 1. The lowest BCUT2D eigenvalue weighted by Gasteiger charge is -2.30. The first-order valence-electron chi connectivity index (χ1n) is 14.7. The highest BCUT2D eigenvalue weighted by Crippen LogP contribution is 2.26. The van der Waals surface area contributed by atoms with Crippen molar-refractivity contribution in [3.05, 3.63) is 69.7 Å². The summed E-state index contributed by atoms with van der Waals surface area (Å²) in [4.78, 5) is 29.1. The first-order valence-corrected chi connectivity index (χ1v) is 16.9. The largest absolute Gasteiger partial charge is 0.372 e. The van der Waals surface area contributed by atoms with Gasteiger partial charge in [0.1, 0.15) is 12.1 Å². The summed E-state index contributed by atoms with van der Waals surface area (Å²) >= 11 is 6.01. The summed E-state index contributed by atoms with van der Waals surface area (Å²) in [5, 5.41) is 6.98. The number of amides is 2. The Morgan fingerprint density at radius 3 is 2.52 bits per heavy atom.